The van der Waals surface area contributed by atoms with Crippen molar-refractivity contribution in [1.82, 2.24) is 19.9 Å². The lowest BCUT2D eigenvalue weighted by molar-refractivity contribution is -0.274. The number of para-hydroxylation sites is 1. The fraction of sp³-hybridized carbons (Fsp3) is 0.125. The lowest BCUT2D eigenvalue weighted by Crippen LogP contribution is -2.17. The highest BCUT2D eigenvalue weighted by atomic mass is 35.5. The third-order valence-corrected chi connectivity index (χ3v) is 6.14. The van der Waals surface area contributed by atoms with E-state index in [1.165, 1.54) is 54.6 Å². The zero-order valence-electron chi connectivity index (χ0n) is 23.5. The lowest BCUT2D eigenvalue weighted by atomic mass is 10.0. The molecule has 0 bridgehead atoms. The number of hydrogen-bond donors (Lipinski definition) is 1. The largest absolute Gasteiger partial charge is 0.573 e. The van der Waals surface area contributed by atoms with Crippen LogP contribution in [0.15, 0.2) is 89.7 Å². The van der Waals surface area contributed by atoms with Crippen LogP contribution < -0.4 is 15.2 Å². The van der Waals surface area contributed by atoms with Crippen LogP contribution in [0.25, 0.3) is 22.8 Å². The second kappa shape index (κ2) is 13.7. The number of ether oxygens (including phenoxy) is 2. The number of hydrogen-bond acceptors (Lipinski definition) is 6. The first-order valence-electron chi connectivity index (χ1n) is 13.1. The highest BCUT2D eigenvalue weighted by molar-refractivity contribution is 5.85. The van der Waals surface area contributed by atoms with Crippen LogP contribution in [-0.4, -0.2) is 26.3 Å². The van der Waals surface area contributed by atoms with Crippen LogP contribution in [0.2, 0.25) is 0 Å². The number of nitrogens with zero attached hydrogens (tertiary/aromatic N) is 3. The van der Waals surface area contributed by atoms with Gasteiger partial charge in [0.15, 0.2) is 5.82 Å². The maximum Gasteiger partial charge on any atom is 0.573 e. The molecule has 236 valence electrons. The lowest BCUT2D eigenvalue weighted by Gasteiger charge is -2.17. The minimum atomic E-state index is -4.89. The summed E-state index contributed by atoms with van der Waals surface area (Å²) in [5.74, 6) is 4.09. The molecule has 7 nitrogen and oxygen atoms in total. The molecule has 3 aromatic carbocycles. The van der Waals surface area contributed by atoms with Crippen LogP contribution in [-0.2, 0) is 12.8 Å². The van der Waals surface area contributed by atoms with Gasteiger partial charge in [-0.3, -0.25) is 9.97 Å². The summed E-state index contributed by atoms with van der Waals surface area (Å²) < 4.78 is 90.2. The van der Waals surface area contributed by atoms with E-state index in [0.29, 0.717) is 17.0 Å². The number of H-pyrrole nitrogens is 1. The summed E-state index contributed by atoms with van der Waals surface area (Å²) in [6, 6.07) is 19.8. The molecule has 0 unspecified atom stereocenters. The van der Waals surface area contributed by atoms with Gasteiger partial charge in [0, 0.05) is 16.8 Å². The van der Waals surface area contributed by atoms with Gasteiger partial charge in [-0.1, -0.05) is 36.1 Å². The molecule has 14 heteroatoms. The van der Waals surface area contributed by atoms with Gasteiger partial charge >= 0.3 is 18.2 Å². The minimum absolute atomic E-state index is 0. The van der Waals surface area contributed by atoms with Gasteiger partial charge in [0.25, 0.3) is 0 Å². The summed E-state index contributed by atoms with van der Waals surface area (Å²) in [5.41, 5.74) is -0.696. The van der Waals surface area contributed by atoms with Crippen molar-refractivity contribution in [1.29, 1.82) is 0 Å². The highest BCUT2D eigenvalue weighted by Crippen LogP contribution is 2.41. The first-order valence-corrected chi connectivity index (χ1v) is 13.1. The molecule has 2 heterocycles. The average molecular weight is 659 g/mol. The number of halogens is 7. The van der Waals surface area contributed by atoms with Crippen LogP contribution in [0, 0.1) is 18.8 Å². The number of aryl methyl sites for hydroxylation is 1. The molecule has 46 heavy (non-hydrogen) atoms. The second-order valence-electron chi connectivity index (χ2n) is 9.43. The Bertz CT molecular complexity index is 1970. The minimum Gasteiger partial charge on any atom is -0.487 e. The number of aromatic amines is 1. The Balaban J connectivity index is 0.00000480. The number of benzene rings is 3. The third-order valence-electron chi connectivity index (χ3n) is 6.14. The SMILES string of the molecule is Cc1cccc(COc2cccc(C(F)(F)F)c2-c2nc(-c3ccc(C#Cc4ccccc4OC(F)(F)F)cc3)nc(=O)[nH]2)n1.Cl. The fourth-order valence-corrected chi connectivity index (χ4v) is 4.22. The van der Waals surface area contributed by atoms with Crippen molar-refractivity contribution in [2.45, 2.75) is 26.1 Å². The van der Waals surface area contributed by atoms with E-state index in [1.807, 2.05) is 0 Å². The predicted molar refractivity (Wildman–Crippen MR) is 158 cm³/mol. The Morgan fingerprint density at radius 2 is 1.48 bits per heavy atom. The second-order valence-corrected chi connectivity index (χ2v) is 9.43. The van der Waals surface area contributed by atoms with Gasteiger partial charge in [-0.2, -0.15) is 18.2 Å². The predicted octanol–water partition coefficient (Wildman–Crippen LogP) is 7.52. The van der Waals surface area contributed by atoms with Crippen LogP contribution in [0.1, 0.15) is 28.1 Å². The summed E-state index contributed by atoms with van der Waals surface area (Å²) >= 11 is 0. The monoisotopic (exact) mass is 658 g/mol. The Morgan fingerprint density at radius 3 is 2.17 bits per heavy atom. The number of aromatic nitrogens is 4. The Kier molecular flexibility index (Phi) is 10.0. The average Bonchev–Trinajstić information content (AvgIpc) is 2.98. The zero-order valence-corrected chi connectivity index (χ0v) is 24.3. The number of pyridine rings is 1. The van der Waals surface area contributed by atoms with E-state index < -0.39 is 40.9 Å². The molecule has 0 fully saturated rings. The number of nitrogens with one attached hydrogen (secondary N) is 1. The quantitative estimate of drug-likeness (QED) is 0.150. The van der Waals surface area contributed by atoms with Crippen LogP contribution in [0.3, 0.4) is 0 Å². The van der Waals surface area contributed by atoms with E-state index in [-0.39, 0.29) is 41.7 Å². The molecule has 0 aliphatic rings. The summed E-state index contributed by atoms with van der Waals surface area (Å²) in [6.07, 6.45) is -9.71. The summed E-state index contributed by atoms with van der Waals surface area (Å²) in [5, 5.41) is 0. The number of alkyl halides is 6. The van der Waals surface area contributed by atoms with Crippen LogP contribution in [0.5, 0.6) is 11.5 Å². The molecule has 2 aromatic heterocycles. The topological polar surface area (TPSA) is 90.0 Å². The van der Waals surface area contributed by atoms with Crippen LogP contribution in [0.4, 0.5) is 26.3 Å². The Morgan fingerprint density at radius 1 is 0.783 bits per heavy atom. The molecule has 5 aromatic rings. The molecule has 0 aliphatic heterocycles. The molecule has 0 saturated heterocycles. The zero-order chi connectivity index (χ0) is 32.2. The fourth-order valence-electron chi connectivity index (χ4n) is 4.22. The van der Waals surface area contributed by atoms with E-state index in [4.69, 9.17) is 4.74 Å². The van der Waals surface area contributed by atoms with Crippen LogP contribution >= 0.6 is 12.4 Å². The Labute approximate surface area is 263 Å². The van der Waals surface area contributed by atoms with E-state index >= 15 is 0 Å². The van der Waals surface area contributed by atoms with Crippen molar-refractivity contribution in [3.8, 4) is 46.1 Å². The highest BCUT2D eigenvalue weighted by Gasteiger charge is 2.36. The molecular weight excluding hydrogens is 638 g/mol. The van der Waals surface area contributed by atoms with Gasteiger partial charge in [0.05, 0.1) is 22.4 Å². The molecular formula is C32H21ClF6N4O3. The van der Waals surface area contributed by atoms with Crippen molar-refractivity contribution in [3.63, 3.8) is 0 Å². The van der Waals surface area contributed by atoms with E-state index in [9.17, 15) is 31.1 Å². The molecule has 5 rings (SSSR count). The van der Waals surface area contributed by atoms with E-state index in [2.05, 4.69) is 36.5 Å². The molecule has 0 atom stereocenters. The van der Waals surface area contributed by atoms with Crippen molar-refractivity contribution in [3.05, 3.63) is 123 Å². The Hall–Kier alpha value is -5.35. The van der Waals surface area contributed by atoms with Gasteiger partial charge in [-0.25, -0.2) is 9.78 Å². The molecule has 0 saturated carbocycles. The van der Waals surface area contributed by atoms with Gasteiger partial charge in [0.2, 0.25) is 0 Å². The molecule has 0 radical (unpaired) electrons. The number of rotatable bonds is 6. The summed E-state index contributed by atoms with van der Waals surface area (Å²) in [6.45, 7) is 1.62. The van der Waals surface area contributed by atoms with E-state index in [0.717, 1.165) is 12.1 Å². The van der Waals surface area contributed by atoms with E-state index in [1.54, 1.807) is 25.1 Å². The van der Waals surface area contributed by atoms with Crippen molar-refractivity contribution >= 4 is 12.4 Å². The van der Waals surface area contributed by atoms with Gasteiger partial charge < -0.3 is 9.47 Å². The van der Waals surface area contributed by atoms with Gasteiger partial charge in [0.1, 0.15) is 23.9 Å². The first kappa shape index (κ1) is 33.5. The maximum atomic E-state index is 14.1. The third kappa shape index (κ3) is 8.42. The normalized spacial score (nSPS) is 11.2. The van der Waals surface area contributed by atoms with Gasteiger partial charge in [-0.05, 0) is 67.6 Å². The maximum absolute atomic E-state index is 14.1. The molecule has 0 aliphatic carbocycles. The van der Waals surface area contributed by atoms with Crippen molar-refractivity contribution < 1.29 is 35.8 Å². The van der Waals surface area contributed by atoms with Crippen molar-refractivity contribution in [2.75, 3.05) is 0 Å². The van der Waals surface area contributed by atoms with Gasteiger partial charge in [-0.15, -0.1) is 25.6 Å². The molecule has 0 amide bonds. The first-order chi connectivity index (χ1) is 21.4. The molecule has 1 N–H and O–H groups in total. The standard InChI is InChI=1S/C32H20F6N4O3.ClH/c1-19-6-4-8-23(39-19)18-44-26-11-5-9-24(31(33,34)35)27(26)29-40-28(41-30(43)42-29)22-16-13-20(14-17-22)12-15-21-7-2-3-10-25(21)45-32(36,37)38;/h2-11,13-14,16-17H,18H2,1H3,(H,40,41,42,43);1H. The van der Waals surface area contributed by atoms with Crippen molar-refractivity contribution in [2.24, 2.45) is 0 Å². The summed E-state index contributed by atoms with van der Waals surface area (Å²) in [4.78, 5) is 27.2. The smallest absolute Gasteiger partial charge is 0.487 e. The summed E-state index contributed by atoms with van der Waals surface area (Å²) in [7, 11) is 0. The molecule has 0 spiro atoms.